The predicted molar refractivity (Wildman–Crippen MR) is 87.3 cm³/mol. The van der Waals surface area contributed by atoms with Crippen LogP contribution >= 0.6 is 12.2 Å². The predicted octanol–water partition coefficient (Wildman–Crippen LogP) is 3.10. The van der Waals surface area contributed by atoms with E-state index in [0.717, 1.165) is 29.4 Å². The quantitative estimate of drug-likeness (QED) is 0.850. The van der Waals surface area contributed by atoms with Gasteiger partial charge in [0.25, 0.3) is 0 Å². The van der Waals surface area contributed by atoms with E-state index in [1.165, 1.54) is 37.8 Å². The molecule has 0 amide bonds. The Kier molecular flexibility index (Phi) is 3.67. The number of aryl methyl sites for hydroxylation is 2. The van der Waals surface area contributed by atoms with Crippen molar-refractivity contribution in [1.29, 1.82) is 0 Å². The first-order valence-electron chi connectivity index (χ1n) is 7.62. The summed E-state index contributed by atoms with van der Waals surface area (Å²) >= 11 is 5.28. The number of thiocarbonyl (C=S) groups is 1. The van der Waals surface area contributed by atoms with Crippen molar-refractivity contribution in [1.82, 2.24) is 4.98 Å². The summed E-state index contributed by atoms with van der Waals surface area (Å²) < 4.78 is 0. The Morgan fingerprint density at radius 2 is 2.05 bits per heavy atom. The van der Waals surface area contributed by atoms with Crippen molar-refractivity contribution in [3.05, 3.63) is 23.0 Å². The number of piperidine rings is 1. The minimum absolute atomic E-state index is 0.477. The van der Waals surface area contributed by atoms with Crippen LogP contribution in [0.25, 0.3) is 0 Å². The Hall–Kier alpha value is -1.16. The number of fused-ring (bicyclic) bond motifs is 1. The first-order valence-corrected chi connectivity index (χ1v) is 8.03. The fraction of sp³-hybridized carbons (Fsp3) is 0.625. The van der Waals surface area contributed by atoms with Crippen LogP contribution in [-0.4, -0.2) is 22.6 Å². The molecule has 3 rings (SSSR count). The molecule has 2 unspecified atom stereocenters. The first-order chi connectivity index (χ1) is 9.58. The topological polar surface area (TPSA) is 42.1 Å². The highest BCUT2D eigenvalue weighted by Crippen LogP contribution is 2.40. The lowest BCUT2D eigenvalue weighted by Crippen LogP contribution is -2.43. The van der Waals surface area contributed by atoms with Crippen molar-refractivity contribution in [3.8, 4) is 0 Å². The van der Waals surface area contributed by atoms with Gasteiger partial charge < -0.3 is 10.6 Å². The number of pyridine rings is 1. The van der Waals surface area contributed by atoms with E-state index in [1.807, 2.05) is 6.92 Å². The fourth-order valence-electron chi connectivity index (χ4n) is 4.09. The second kappa shape index (κ2) is 5.32. The Bertz CT molecular complexity index is 541. The van der Waals surface area contributed by atoms with Crippen molar-refractivity contribution < 1.29 is 0 Å². The molecule has 2 fully saturated rings. The molecule has 2 N–H and O–H groups in total. The standard InChI is InChI=1S/C16H23N3S/c1-10-9-14(15(16(17)20)11(2)18-10)19-8-4-6-12-5-3-7-13(12)19/h9,12-13H,3-8H2,1-2H3,(H2,17,20). The lowest BCUT2D eigenvalue weighted by atomic mass is 9.91. The van der Waals surface area contributed by atoms with E-state index >= 15 is 0 Å². The van der Waals surface area contributed by atoms with Crippen LogP contribution in [0.2, 0.25) is 0 Å². The largest absolute Gasteiger partial charge is 0.389 e. The molecule has 1 saturated heterocycles. The molecule has 2 heterocycles. The molecule has 2 atom stereocenters. The van der Waals surface area contributed by atoms with Crippen LogP contribution < -0.4 is 10.6 Å². The van der Waals surface area contributed by atoms with E-state index in [-0.39, 0.29) is 0 Å². The van der Waals surface area contributed by atoms with E-state index in [4.69, 9.17) is 18.0 Å². The minimum Gasteiger partial charge on any atom is -0.389 e. The van der Waals surface area contributed by atoms with Crippen molar-refractivity contribution in [3.63, 3.8) is 0 Å². The summed E-state index contributed by atoms with van der Waals surface area (Å²) in [6.45, 7) is 5.19. The van der Waals surface area contributed by atoms with Gasteiger partial charge in [0.1, 0.15) is 4.99 Å². The van der Waals surface area contributed by atoms with Crippen molar-refractivity contribution >= 4 is 22.9 Å². The molecule has 3 nitrogen and oxygen atoms in total. The molecule has 0 spiro atoms. The maximum Gasteiger partial charge on any atom is 0.107 e. The molecule has 4 heteroatoms. The van der Waals surface area contributed by atoms with Gasteiger partial charge >= 0.3 is 0 Å². The summed E-state index contributed by atoms with van der Waals surface area (Å²) in [4.78, 5) is 7.59. The summed E-state index contributed by atoms with van der Waals surface area (Å²) in [5.74, 6) is 0.858. The molecule has 0 aromatic carbocycles. The van der Waals surface area contributed by atoms with E-state index in [1.54, 1.807) is 0 Å². The summed E-state index contributed by atoms with van der Waals surface area (Å²) in [5, 5.41) is 0. The lowest BCUT2D eigenvalue weighted by molar-refractivity contribution is 0.362. The van der Waals surface area contributed by atoms with Crippen LogP contribution in [0.4, 0.5) is 5.69 Å². The Morgan fingerprint density at radius 1 is 1.30 bits per heavy atom. The second-order valence-corrected chi connectivity index (χ2v) is 6.64. The lowest BCUT2D eigenvalue weighted by Gasteiger charge is -2.40. The monoisotopic (exact) mass is 289 g/mol. The van der Waals surface area contributed by atoms with Crippen molar-refractivity contribution in [2.75, 3.05) is 11.4 Å². The second-order valence-electron chi connectivity index (χ2n) is 6.20. The van der Waals surface area contributed by atoms with Gasteiger partial charge in [0.15, 0.2) is 0 Å². The number of nitrogens with zero attached hydrogens (tertiary/aromatic N) is 2. The van der Waals surface area contributed by atoms with E-state index in [2.05, 4.69) is 22.9 Å². The Labute approximate surface area is 126 Å². The van der Waals surface area contributed by atoms with Gasteiger partial charge in [-0.2, -0.15) is 0 Å². The van der Waals surface area contributed by atoms with E-state index in [0.29, 0.717) is 11.0 Å². The van der Waals surface area contributed by atoms with Crippen LogP contribution in [0.15, 0.2) is 6.07 Å². The molecule has 0 radical (unpaired) electrons. The van der Waals surface area contributed by atoms with Gasteiger partial charge in [0.05, 0.1) is 11.3 Å². The zero-order chi connectivity index (χ0) is 14.3. The van der Waals surface area contributed by atoms with Crippen molar-refractivity contribution in [2.24, 2.45) is 11.7 Å². The average molecular weight is 289 g/mol. The average Bonchev–Trinajstić information content (AvgIpc) is 2.84. The maximum absolute atomic E-state index is 5.97. The normalized spacial score (nSPS) is 25.6. The third-order valence-corrected chi connectivity index (χ3v) is 5.06. The fourth-order valence-corrected chi connectivity index (χ4v) is 4.34. The van der Waals surface area contributed by atoms with Crippen LogP contribution in [0.1, 0.15) is 49.1 Å². The van der Waals surface area contributed by atoms with Crippen LogP contribution in [-0.2, 0) is 0 Å². The Balaban J connectivity index is 2.06. The SMILES string of the molecule is Cc1cc(N2CCCC3CCCC32)c(C(N)=S)c(C)n1. The molecule has 0 bridgehead atoms. The number of hydrogen-bond acceptors (Lipinski definition) is 3. The highest BCUT2D eigenvalue weighted by molar-refractivity contribution is 7.80. The molecule has 20 heavy (non-hydrogen) atoms. The molecule has 1 aromatic heterocycles. The zero-order valence-corrected chi connectivity index (χ0v) is 13.2. The van der Waals surface area contributed by atoms with Crippen molar-refractivity contribution in [2.45, 2.75) is 52.0 Å². The van der Waals surface area contributed by atoms with Gasteiger partial charge in [0, 0.05) is 24.0 Å². The minimum atomic E-state index is 0.477. The van der Waals surface area contributed by atoms with E-state index in [9.17, 15) is 0 Å². The third-order valence-electron chi connectivity index (χ3n) is 4.86. The number of anilines is 1. The number of aromatic nitrogens is 1. The number of nitrogens with two attached hydrogens (primary N) is 1. The van der Waals surface area contributed by atoms with Gasteiger partial charge in [-0.3, -0.25) is 4.98 Å². The molecular weight excluding hydrogens is 266 g/mol. The van der Waals surface area contributed by atoms with Crippen LogP contribution in [0, 0.1) is 19.8 Å². The van der Waals surface area contributed by atoms with Gasteiger partial charge in [-0.05, 0) is 51.5 Å². The highest BCUT2D eigenvalue weighted by atomic mass is 32.1. The van der Waals surface area contributed by atoms with Crippen LogP contribution in [0.5, 0.6) is 0 Å². The van der Waals surface area contributed by atoms with Gasteiger partial charge in [-0.1, -0.05) is 18.6 Å². The summed E-state index contributed by atoms with van der Waals surface area (Å²) in [6.07, 6.45) is 6.71. The molecule has 108 valence electrons. The van der Waals surface area contributed by atoms with Gasteiger partial charge in [-0.15, -0.1) is 0 Å². The summed E-state index contributed by atoms with van der Waals surface area (Å²) in [6, 6.07) is 2.85. The first kappa shape index (κ1) is 13.8. The molecule has 2 aliphatic rings. The molecule has 1 saturated carbocycles. The van der Waals surface area contributed by atoms with Gasteiger partial charge in [0.2, 0.25) is 0 Å². The maximum atomic E-state index is 5.97. The Morgan fingerprint density at radius 3 is 2.80 bits per heavy atom. The molecular formula is C16H23N3S. The number of rotatable bonds is 2. The van der Waals surface area contributed by atoms with E-state index < -0.39 is 0 Å². The third kappa shape index (κ3) is 2.30. The highest BCUT2D eigenvalue weighted by Gasteiger charge is 2.36. The summed E-state index contributed by atoms with van der Waals surface area (Å²) in [7, 11) is 0. The number of hydrogen-bond donors (Lipinski definition) is 1. The molecule has 1 aliphatic heterocycles. The zero-order valence-electron chi connectivity index (χ0n) is 12.4. The molecule has 1 aromatic rings. The summed E-state index contributed by atoms with van der Waals surface area (Å²) in [5.41, 5.74) is 10.2. The molecule has 1 aliphatic carbocycles. The van der Waals surface area contributed by atoms with Crippen LogP contribution in [0.3, 0.4) is 0 Å². The van der Waals surface area contributed by atoms with Gasteiger partial charge in [-0.25, -0.2) is 0 Å². The smallest absolute Gasteiger partial charge is 0.107 e.